The molecule has 2 aromatic rings. The highest BCUT2D eigenvalue weighted by Crippen LogP contribution is 2.35. The Balaban J connectivity index is 1.77. The van der Waals surface area contributed by atoms with Gasteiger partial charge in [-0.15, -0.1) is 0 Å². The molecule has 7 heteroatoms. The van der Waals surface area contributed by atoms with Crippen LogP contribution in [0.25, 0.3) is 0 Å². The van der Waals surface area contributed by atoms with Gasteiger partial charge in [-0.05, 0) is 35.7 Å². The highest BCUT2D eigenvalue weighted by molar-refractivity contribution is 7.99. The normalized spacial score (nSPS) is 28.1. The standard InChI is InChI=1S/C20H24O6S/c1-25-14-8-6-12(7-9-14)10-13-4-2-3-5-16(13)27-20-19(24)18(23)17(22)15(11-21)26-20/h2-9,15,17-24H,10-11H2,1H3/t15-,17-,18+,19-,20+/m1/s1. The third kappa shape index (κ3) is 4.63. The number of hydrogen-bond acceptors (Lipinski definition) is 7. The molecule has 1 heterocycles. The van der Waals surface area contributed by atoms with Gasteiger partial charge in [0.2, 0.25) is 0 Å². The summed E-state index contributed by atoms with van der Waals surface area (Å²) >= 11 is 1.27. The Kier molecular flexibility index (Phi) is 6.75. The Morgan fingerprint density at radius 3 is 2.33 bits per heavy atom. The van der Waals surface area contributed by atoms with E-state index in [-0.39, 0.29) is 0 Å². The minimum absolute atomic E-state index is 0.435. The average molecular weight is 392 g/mol. The maximum absolute atomic E-state index is 10.3. The van der Waals surface area contributed by atoms with E-state index in [2.05, 4.69) is 0 Å². The molecular formula is C20H24O6S. The van der Waals surface area contributed by atoms with Gasteiger partial charge in [-0.2, -0.15) is 0 Å². The van der Waals surface area contributed by atoms with Crippen LogP contribution in [0, 0.1) is 0 Å². The van der Waals surface area contributed by atoms with E-state index in [0.29, 0.717) is 6.42 Å². The number of hydrogen-bond donors (Lipinski definition) is 4. The van der Waals surface area contributed by atoms with E-state index in [0.717, 1.165) is 21.8 Å². The summed E-state index contributed by atoms with van der Waals surface area (Å²) in [6, 6.07) is 15.6. The fourth-order valence-electron chi connectivity index (χ4n) is 3.02. The van der Waals surface area contributed by atoms with E-state index in [4.69, 9.17) is 9.47 Å². The summed E-state index contributed by atoms with van der Waals surface area (Å²) in [5, 5.41) is 39.5. The molecule has 4 N–H and O–H groups in total. The Hall–Kier alpha value is -1.61. The van der Waals surface area contributed by atoms with Crippen molar-refractivity contribution < 1.29 is 29.9 Å². The number of thioether (sulfide) groups is 1. The quantitative estimate of drug-likeness (QED) is 0.586. The molecule has 0 amide bonds. The summed E-state index contributed by atoms with van der Waals surface area (Å²) in [6.45, 7) is -0.435. The van der Waals surface area contributed by atoms with Gasteiger partial charge in [0.05, 0.1) is 13.7 Å². The van der Waals surface area contributed by atoms with Crippen LogP contribution in [0.5, 0.6) is 5.75 Å². The molecule has 1 saturated heterocycles. The van der Waals surface area contributed by atoms with E-state index in [1.54, 1.807) is 7.11 Å². The van der Waals surface area contributed by atoms with Crippen molar-refractivity contribution in [1.29, 1.82) is 0 Å². The number of aliphatic hydroxyl groups is 4. The zero-order chi connectivity index (χ0) is 19.4. The molecule has 0 spiro atoms. The molecule has 0 aromatic heterocycles. The van der Waals surface area contributed by atoms with Crippen molar-refractivity contribution in [3.63, 3.8) is 0 Å². The SMILES string of the molecule is COc1ccc(Cc2ccccc2S[C@@H]2O[C@H](CO)[C@@H](O)[C@H](O)[C@H]2O)cc1. The van der Waals surface area contributed by atoms with Crippen LogP contribution in [0.3, 0.4) is 0 Å². The Morgan fingerprint density at radius 1 is 0.963 bits per heavy atom. The van der Waals surface area contributed by atoms with Crippen molar-refractivity contribution in [3.05, 3.63) is 59.7 Å². The third-order valence-electron chi connectivity index (χ3n) is 4.62. The molecule has 27 heavy (non-hydrogen) atoms. The molecule has 0 saturated carbocycles. The Bertz CT molecular complexity index is 736. The van der Waals surface area contributed by atoms with Crippen molar-refractivity contribution in [3.8, 4) is 5.75 Å². The minimum atomic E-state index is -1.37. The van der Waals surface area contributed by atoms with Gasteiger partial charge in [-0.1, -0.05) is 42.1 Å². The molecule has 1 aliphatic heterocycles. The van der Waals surface area contributed by atoms with E-state index in [9.17, 15) is 20.4 Å². The molecule has 5 atom stereocenters. The predicted molar refractivity (Wildman–Crippen MR) is 102 cm³/mol. The van der Waals surface area contributed by atoms with Gasteiger partial charge >= 0.3 is 0 Å². The number of ether oxygens (including phenoxy) is 2. The summed E-state index contributed by atoms with van der Waals surface area (Å²) < 4.78 is 10.8. The molecule has 0 radical (unpaired) electrons. The number of rotatable bonds is 6. The van der Waals surface area contributed by atoms with Crippen LogP contribution in [-0.4, -0.2) is 64.0 Å². The van der Waals surface area contributed by atoms with E-state index in [1.165, 1.54) is 11.8 Å². The number of aliphatic hydroxyl groups excluding tert-OH is 4. The van der Waals surface area contributed by atoms with Crippen LogP contribution in [-0.2, 0) is 11.2 Å². The van der Waals surface area contributed by atoms with E-state index < -0.39 is 36.5 Å². The van der Waals surface area contributed by atoms with Gasteiger partial charge in [0.15, 0.2) is 0 Å². The molecule has 0 unspecified atom stereocenters. The summed E-state index contributed by atoms with van der Waals surface area (Å²) in [7, 11) is 1.63. The third-order valence-corrected chi connectivity index (χ3v) is 5.89. The molecule has 2 aromatic carbocycles. The molecule has 146 valence electrons. The van der Waals surface area contributed by atoms with Gasteiger partial charge in [0, 0.05) is 4.90 Å². The molecule has 1 aliphatic rings. The first-order chi connectivity index (χ1) is 13.0. The average Bonchev–Trinajstić information content (AvgIpc) is 2.70. The second-order valence-corrected chi connectivity index (χ2v) is 7.59. The fraction of sp³-hybridized carbons (Fsp3) is 0.400. The zero-order valence-electron chi connectivity index (χ0n) is 14.9. The molecule has 0 bridgehead atoms. The lowest BCUT2D eigenvalue weighted by Crippen LogP contribution is -2.57. The van der Waals surface area contributed by atoms with Crippen molar-refractivity contribution in [2.24, 2.45) is 0 Å². The van der Waals surface area contributed by atoms with Gasteiger partial charge < -0.3 is 29.9 Å². The number of benzene rings is 2. The van der Waals surface area contributed by atoms with Crippen molar-refractivity contribution >= 4 is 11.8 Å². The van der Waals surface area contributed by atoms with Gasteiger partial charge in [0.1, 0.15) is 35.6 Å². The largest absolute Gasteiger partial charge is 0.497 e. The lowest BCUT2D eigenvalue weighted by atomic mass is 10.0. The second kappa shape index (κ2) is 9.05. The predicted octanol–water partition coefficient (Wildman–Crippen LogP) is 1.18. The van der Waals surface area contributed by atoms with Crippen LogP contribution in [0.15, 0.2) is 53.4 Å². The van der Waals surface area contributed by atoms with Gasteiger partial charge in [0.25, 0.3) is 0 Å². The second-order valence-electron chi connectivity index (χ2n) is 6.45. The molecule has 0 aliphatic carbocycles. The lowest BCUT2D eigenvalue weighted by Gasteiger charge is -2.39. The maximum Gasteiger partial charge on any atom is 0.136 e. The van der Waals surface area contributed by atoms with Crippen molar-refractivity contribution in [1.82, 2.24) is 0 Å². The zero-order valence-corrected chi connectivity index (χ0v) is 15.7. The van der Waals surface area contributed by atoms with Crippen molar-refractivity contribution in [2.45, 2.75) is 41.2 Å². The first-order valence-electron chi connectivity index (χ1n) is 8.71. The van der Waals surface area contributed by atoms with Crippen LogP contribution in [0.2, 0.25) is 0 Å². The lowest BCUT2D eigenvalue weighted by molar-refractivity contribution is -0.205. The van der Waals surface area contributed by atoms with Crippen LogP contribution in [0.1, 0.15) is 11.1 Å². The molecule has 1 fully saturated rings. The molecular weight excluding hydrogens is 368 g/mol. The van der Waals surface area contributed by atoms with Crippen molar-refractivity contribution in [2.75, 3.05) is 13.7 Å². The van der Waals surface area contributed by atoms with Gasteiger partial charge in [-0.3, -0.25) is 0 Å². The summed E-state index contributed by atoms with van der Waals surface area (Å²) in [5.74, 6) is 0.794. The maximum atomic E-state index is 10.3. The summed E-state index contributed by atoms with van der Waals surface area (Å²) in [6.07, 6.45) is -4.21. The minimum Gasteiger partial charge on any atom is -0.497 e. The summed E-state index contributed by atoms with van der Waals surface area (Å²) in [4.78, 5) is 0.901. The first-order valence-corrected chi connectivity index (χ1v) is 9.59. The van der Waals surface area contributed by atoms with E-state index >= 15 is 0 Å². The van der Waals surface area contributed by atoms with E-state index in [1.807, 2.05) is 48.5 Å². The number of methoxy groups -OCH3 is 1. The highest BCUT2D eigenvalue weighted by Gasteiger charge is 2.43. The van der Waals surface area contributed by atoms with Crippen LogP contribution in [0.4, 0.5) is 0 Å². The first kappa shape index (κ1) is 20.1. The monoisotopic (exact) mass is 392 g/mol. The topological polar surface area (TPSA) is 99.4 Å². The highest BCUT2D eigenvalue weighted by atomic mass is 32.2. The fourth-order valence-corrected chi connectivity index (χ4v) is 4.22. The van der Waals surface area contributed by atoms with Crippen LogP contribution >= 0.6 is 11.8 Å². The Labute approximate surface area is 162 Å². The molecule has 6 nitrogen and oxygen atoms in total. The molecule has 3 rings (SSSR count). The smallest absolute Gasteiger partial charge is 0.136 e. The van der Waals surface area contributed by atoms with Crippen LogP contribution < -0.4 is 4.74 Å². The van der Waals surface area contributed by atoms with Gasteiger partial charge in [-0.25, -0.2) is 0 Å². The summed E-state index contributed by atoms with van der Waals surface area (Å²) in [5.41, 5.74) is 1.36. The Morgan fingerprint density at radius 2 is 1.67 bits per heavy atom.